The van der Waals surface area contributed by atoms with E-state index in [9.17, 15) is 0 Å². The molecular formula is C9H18O. The van der Waals surface area contributed by atoms with E-state index in [1.807, 2.05) is 0 Å². The number of ether oxygens (including phenoxy) is 1. The van der Waals surface area contributed by atoms with Crippen molar-refractivity contribution >= 4 is 0 Å². The summed E-state index contributed by atoms with van der Waals surface area (Å²) in [5.41, 5.74) is 1.37. The van der Waals surface area contributed by atoms with Crippen molar-refractivity contribution in [1.82, 2.24) is 0 Å². The minimum atomic E-state index is 0.412. The van der Waals surface area contributed by atoms with Crippen molar-refractivity contribution < 1.29 is 4.74 Å². The average molecular weight is 142 g/mol. The lowest BCUT2D eigenvalue weighted by Gasteiger charge is -2.09. The highest BCUT2D eigenvalue weighted by Gasteiger charge is 1.99. The van der Waals surface area contributed by atoms with E-state index >= 15 is 0 Å². The van der Waals surface area contributed by atoms with Crippen molar-refractivity contribution in [3.8, 4) is 0 Å². The van der Waals surface area contributed by atoms with E-state index in [4.69, 9.17) is 4.74 Å². The summed E-state index contributed by atoms with van der Waals surface area (Å²) < 4.78 is 5.21. The van der Waals surface area contributed by atoms with Gasteiger partial charge in [0.25, 0.3) is 0 Å². The van der Waals surface area contributed by atoms with Crippen molar-refractivity contribution in [2.45, 2.75) is 39.7 Å². The maximum absolute atomic E-state index is 5.21. The third kappa shape index (κ3) is 4.57. The molecule has 0 aromatic heterocycles. The van der Waals surface area contributed by atoms with Gasteiger partial charge in [-0.15, -0.1) is 0 Å². The van der Waals surface area contributed by atoms with Crippen LogP contribution in [-0.4, -0.2) is 13.2 Å². The van der Waals surface area contributed by atoms with Crippen LogP contribution in [0.15, 0.2) is 11.6 Å². The van der Waals surface area contributed by atoms with E-state index in [1.54, 1.807) is 7.11 Å². The lowest BCUT2D eigenvalue weighted by Crippen LogP contribution is -2.06. The molecule has 0 aliphatic rings. The Bertz CT molecular complexity index is 97.3. The summed E-state index contributed by atoms with van der Waals surface area (Å²) in [7, 11) is 1.77. The molecule has 0 radical (unpaired) electrons. The predicted octanol–water partition coefficient (Wildman–Crippen LogP) is 2.77. The monoisotopic (exact) mass is 142 g/mol. The number of allylic oxidation sites excluding steroid dienone is 1. The van der Waals surface area contributed by atoms with Gasteiger partial charge in [0, 0.05) is 7.11 Å². The third-order valence-electron chi connectivity index (χ3n) is 1.58. The summed E-state index contributed by atoms with van der Waals surface area (Å²) in [6.07, 6.45) is 4.78. The molecule has 0 N–H and O–H groups in total. The highest BCUT2D eigenvalue weighted by atomic mass is 16.5. The minimum absolute atomic E-state index is 0.412. The van der Waals surface area contributed by atoms with Gasteiger partial charge in [-0.3, -0.25) is 0 Å². The van der Waals surface area contributed by atoms with Crippen LogP contribution in [0, 0.1) is 0 Å². The predicted molar refractivity (Wildman–Crippen MR) is 45.1 cm³/mol. The quantitative estimate of drug-likeness (QED) is 0.548. The largest absolute Gasteiger partial charge is 0.381 e. The van der Waals surface area contributed by atoms with Crippen LogP contribution in [0.5, 0.6) is 0 Å². The minimum Gasteiger partial charge on any atom is -0.381 e. The zero-order valence-electron chi connectivity index (χ0n) is 7.48. The second-order valence-corrected chi connectivity index (χ2v) is 2.78. The van der Waals surface area contributed by atoms with E-state index in [0.717, 1.165) is 12.8 Å². The van der Waals surface area contributed by atoms with Gasteiger partial charge in [0.2, 0.25) is 0 Å². The molecule has 0 spiro atoms. The zero-order valence-corrected chi connectivity index (χ0v) is 7.48. The Balaban J connectivity index is 3.54. The van der Waals surface area contributed by atoms with Crippen molar-refractivity contribution in [2.75, 3.05) is 7.11 Å². The maximum Gasteiger partial charge on any atom is 0.0603 e. The maximum atomic E-state index is 5.21. The van der Waals surface area contributed by atoms with E-state index < -0.39 is 0 Å². The molecule has 10 heavy (non-hydrogen) atoms. The Labute approximate surface area is 64.1 Å². The van der Waals surface area contributed by atoms with Gasteiger partial charge in [0.05, 0.1) is 6.10 Å². The molecule has 0 saturated carbocycles. The molecule has 0 saturated heterocycles. The highest BCUT2D eigenvalue weighted by Crippen LogP contribution is 2.04. The van der Waals surface area contributed by atoms with Crippen molar-refractivity contribution in [1.29, 1.82) is 0 Å². The van der Waals surface area contributed by atoms with Crippen LogP contribution in [0.2, 0.25) is 0 Å². The average Bonchev–Trinajstić information content (AvgIpc) is 1.90. The standard InChI is InChI=1S/C9H18O/c1-5-9(10-4)7-6-8(2)3/h6,9H,5,7H2,1-4H3. The first-order chi connectivity index (χ1) is 4.70. The summed E-state index contributed by atoms with van der Waals surface area (Å²) in [5, 5.41) is 0. The first-order valence-corrected chi connectivity index (χ1v) is 3.86. The van der Waals surface area contributed by atoms with Crippen molar-refractivity contribution in [3.05, 3.63) is 11.6 Å². The van der Waals surface area contributed by atoms with Crippen LogP contribution in [0.1, 0.15) is 33.6 Å². The van der Waals surface area contributed by atoms with Gasteiger partial charge in [0.15, 0.2) is 0 Å². The summed E-state index contributed by atoms with van der Waals surface area (Å²) in [4.78, 5) is 0. The fraction of sp³-hybridized carbons (Fsp3) is 0.778. The molecule has 0 fully saturated rings. The first-order valence-electron chi connectivity index (χ1n) is 3.86. The first kappa shape index (κ1) is 9.70. The Morgan fingerprint density at radius 1 is 1.50 bits per heavy atom. The summed E-state index contributed by atoms with van der Waals surface area (Å²) >= 11 is 0. The van der Waals surface area contributed by atoms with Gasteiger partial charge in [-0.25, -0.2) is 0 Å². The molecule has 0 aromatic carbocycles. The lowest BCUT2D eigenvalue weighted by atomic mass is 10.1. The topological polar surface area (TPSA) is 9.23 Å². The molecule has 0 heterocycles. The molecule has 0 aliphatic heterocycles. The van der Waals surface area contributed by atoms with Gasteiger partial charge in [-0.05, 0) is 26.7 Å². The Hall–Kier alpha value is -0.300. The molecular weight excluding hydrogens is 124 g/mol. The van der Waals surface area contributed by atoms with E-state index in [0.29, 0.717) is 6.10 Å². The van der Waals surface area contributed by atoms with Gasteiger partial charge in [-0.1, -0.05) is 18.6 Å². The lowest BCUT2D eigenvalue weighted by molar-refractivity contribution is 0.102. The Morgan fingerprint density at radius 3 is 2.40 bits per heavy atom. The highest BCUT2D eigenvalue weighted by molar-refractivity contribution is 4.94. The molecule has 0 amide bonds. The molecule has 60 valence electrons. The number of hydrogen-bond donors (Lipinski definition) is 0. The summed E-state index contributed by atoms with van der Waals surface area (Å²) in [6.45, 7) is 6.37. The summed E-state index contributed by atoms with van der Waals surface area (Å²) in [5.74, 6) is 0. The van der Waals surface area contributed by atoms with Crippen LogP contribution >= 0.6 is 0 Å². The molecule has 1 atom stereocenters. The fourth-order valence-corrected chi connectivity index (χ4v) is 0.797. The number of methoxy groups -OCH3 is 1. The summed E-state index contributed by atoms with van der Waals surface area (Å²) in [6, 6.07) is 0. The molecule has 0 rings (SSSR count). The van der Waals surface area contributed by atoms with Gasteiger partial charge in [0.1, 0.15) is 0 Å². The van der Waals surface area contributed by atoms with Gasteiger partial charge >= 0.3 is 0 Å². The fourth-order valence-electron chi connectivity index (χ4n) is 0.797. The van der Waals surface area contributed by atoms with E-state index in [2.05, 4.69) is 26.8 Å². The zero-order chi connectivity index (χ0) is 7.98. The van der Waals surface area contributed by atoms with Crippen LogP contribution < -0.4 is 0 Å². The van der Waals surface area contributed by atoms with Gasteiger partial charge < -0.3 is 4.74 Å². The van der Waals surface area contributed by atoms with E-state index in [-0.39, 0.29) is 0 Å². The SMILES string of the molecule is CCC(CC=C(C)C)OC. The molecule has 0 bridgehead atoms. The second-order valence-electron chi connectivity index (χ2n) is 2.78. The van der Waals surface area contributed by atoms with Crippen molar-refractivity contribution in [3.63, 3.8) is 0 Å². The van der Waals surface area contributed by atoms with Crippen LogP contribution in [0.3, 0.4) is 0 Å². The van der Waals surface area contributed by atoms with Crippen LogP contribution in [0.4, 0.5) is 0 Å². The van der Waals surface area contributed by atoms with Crippen LogP contribution in [0.25, 0.3) is 0 Å². The van der Waals surface area contributed by atoms with E-state index in [1.165, 1.54) is 5.57 Å². The second kappa shape index (κ2) is 5.48. The Kier molecular flexibility index (Phi) is 5.32. The normalized spacial score (nSPS) is 12.8. The Morgan fingerprint density at radius 2 is 2.10 bits per heavy atom. The van der Waals surface area contributed by atoms with Gasteiger partial charge in [-0.2, -0.15) is 0 Å². The van der Waals surface area contributed by atoms with Crippen molar-refractivity contribution in [2.24, 2.45) is 0 Å². The molecule has 1 unspecified atom stereocenters. The number of hydrogen-bond acceptors (Lipinski definition) is 1. The molecule has 1 nitrogen and oxygen atoms in total. The third-order valence-corrected chi connectivity index (χ3v) is 1.58. The molecule has 1 heteroatoms. The van der Waals surface area contributed by atoms with Crippen LogP contribution in [-0.2, 0) is 4.74 Å². The molecule has 0 aromatic rings. The smallest absolute Gasteiger partial charge is 0.0603 e. The number of rotatable bonds is 4. The molecule has 0 aliphatic carbocycles.